The molecule has 1 N–H and O–H groups in total. The summed E-state index contributed by atoms with van der Waals surface area (Å²) in [6, 6.07) is 2.94. The molecular weight excluding hydrogens is 450 g/mol. The van der Waals surface area contributed by atoms with Crippen LogP contribution in [0.5, 0.6) is 0 Å². The number of likely N-dealkylation sites (tertiary alicyclic amines) is 1. The molecule has 0 aromatic carbocycles. The smallest absolute Gasteiger partial charge is 0.262 e. The molecule has 3 unspecified atom stereocenters. The average molecular weight is 486 g/mol. The second kappa shape index (κ2) is 8.83. The lowest BCUT2D eigenvalue weighted by Crippen LogP contribution is -2.41. The third kappa shape index (κ3) is 3.95. The summed E-state index contributed by atoms with van der Waals surface area (Å²) >= 11 is 0. The van der Waals surface area contributed by atoms with E-state index >= 15 is 0 Å². The van der Waals surface area contributed by atoms with Crippen molar-refractivity contribution < 1.29 is 4.79 Å². The number of nitrogens with one attached hydrogen (secondary N) is 1. The van der Waals surface area contributed by atoms with Gasteiger partial charge in [0, 0.05) is 42.9 Å². The van der Waals surface area contributed by atoms with Gasteiger partial charge in [0.05, 0.1) is 11.9 Å². The van der Waals surface area contributed by atoms with Gasteiger partial charge in [-0.1, -0.05) is 11.6 Å². The van der Waals surface area contributed by atoms with Gasteiger partial charge < -0.3 is 10.2 Å². The first-order chi connectivity index (χ1) is 17.6. The van der Waals surface area contributed by atoms with E-state index in [0.29, 0.717) is 17.3 Å². The lowest BCUT2D eigenvalue weighted by Gasteiger charge is -2.36. The summed E-state index contributed by atoms with van der Waals surface area (Å²) in [6.07, 6.45) is 17.2. The number of hydrogen-bond acceptors (Lipinski definition) is 5. The van der Waals surface area contributed by atoms with Gasteiger partial charge in [-0.3, -0.25) is 4.79 Å². The molecule has 0 spiro atoms. The summed E-state index contributed by atoms with van der Waals surface area (Å²) < 4.78 is 3.77. The third-order valence-electron chi connectivity index (χ3n) is 9.04. The van der Waals surface area contributed by atoms with E-state index in [4.69, 9.17) is 5.10 Å². The summed E-state index contributed by atoms with van der Waals surface area (Å²) in [7, 11) is 0. The number of rotatable bonds is 5. The number of carbonyl (C=O) groups is 1. The van der Waals surface area contributed by atoms with Crippen molar-refractivity contribution in [1.29, 1.82) is 0 Å². The van der Waals surface area contributed by atoms with Gasteiger partial charge in [0.15, 0.2) is 5.82 Å². The summed E-state index contributed by atoms with van der Waals surface area (Å²) in [6.45, 7) is 5.25. The Hall–Kier alpha value is -3.00. The Morgan fingerprint density at radius 1 is 1.08 bits per heavy atom. The zero-order valence-corrected chi connectivity index (χ0v) is 21.1. The third-order valence-corrected chi connectivity index (χ3v) is 9.04. The van der Waals surface area contributed by atoms with Crippen molar-refractivity contribution in [3.8, 4) is 0 Å². The van der Waals surface area contributed by atoms with Gasteiger partial charge in [-0.25, -0.2) is 14.4 Å². The monoisotopic (exact) mass is 485 g/mol. The Bertz CT molecular complexity index is 1270. The largest absolute Gasteiger partial charge is 0.306 e. The fourth-order valence-corrected chi connectivity index (χ4v) is 6.82. The first-order valence-electron chi connectivity index (χ1n) is 13.7. The molecule has 3 atom stereocenters. The molecule has 7 rings (SSSR count). The number of aliphatic imine (C=N–C) groups is 1. The van der Waals surface area contributed by atoms with Crippen LogP contribution in [-0.4, -0.2) is 55.7 Å². The number of aryl methyl sites for hydroxylation is 1. The Morgan fingerprint density at radius 2 is 1.97 bits per heavy atom. The van der Waals surface area contributed by atoms with E-state index in [1.54, 1.807) is 10.9 Å². The fourth-order valence-electron chi connectivity index (χ4n) is 6.82. The van der Waals surface area contributed by atoms with E-state index in [1.165, 1.54) is 24.8 Å². The molecule has 8 nitrogen and oxygen atoms in total. The van der Waals surface area contributed by atoms with Crippen molar-refractivity contribution in [2.45, 2.75) is 76.8 Å². The highest BCUT2D eigenvalue weighted by molar-refractivity contribution is 6.07. The Labute approximate surface area is 212 Å². The number of nitrogens with zero attached hydrogens (tertiary/aromatic N) is 6. The first kappa shape index (κ1) is 22.2. The summed E-state index contributed by atoms with van der Waals surface area (Å²) in [5, 5.41) is 12.6. The lowest BCUT2D eigenvalue weighted by molar-refractivity contribution is 0.102. The van der Waals surface area contributed by atoms with Crippen LogP contribution in [0.1, 0.15) is 80.3 Å². The zero-order valence-electron chi connectivity index (χ0n) is 21.1. The topological polar surface area (TPSA) is 80.3 Å². The minimum Gasteiger partial charge on any atom is -0.306 e. The Kier molecular flexibility index (Phi) is 5.45. The first-order valence-corrected chi connectivity index (χ1v) is 13.7. The zero-order chi connectivity index (χ0) is 24.2. The maximum atomic E-state index is 13.3. The highest BCUT2D eigenvalue weighted by Crippen LogP contribution is 2.54. The maximum absolute atomic E-state index is 13.3. The van der Waals surface area contributed by atoms with E-state index < -0.39 is 0 Å². The number of piperidine rings is 1. The van der Waals surface area contributed by atoms with Crippen molar-refractivity contribution in [3.05, 3.63) is 41.2 Å². The summed E-state index contributed by atoms with van der Waals surface area (Å²) in [4.78, 5) is 20.5. The van der Waals surface area contributed by atoms with Crippen molar-refractivity contribution in [1.82, 2.24) is 24.5 Å². The van der Waals surface area contributed by atoms with Crippen molar-refractivity contribution in [2.75, 3.05) is 18.4 Å². The molecule has 188 valence electrons. The number of aromatic nitrogens is 4. The molecule has 1 amide bonds. The van der Waals surface area contributed by atoms with E-state index in [2.05, 4.69) is 45.4 Å². The Morgan fingerprint density at radius 3 is 2.72 bits per heavy atom. The van der Waals surface area contributed by atoms with Gasteiger partial charge in [-0.15, -0.1) is 0 Å². The number of hydrogen-bond donors (Lipinski definition) is 1. The van der Waals surface area contributed by atoms with E-state index in [9.17, 15) is 4.79 Å². The molecule has 2 saturated carbocycles. The molecule has 3 aliphatic carbocycles. The SMILES string of the molecule is CC1=CC=C(n2nc(C3CCN(C4CCC5CC54)CC3)cc2NC(=O)c2cnn3c2N=CCC3)CC1. The van der Waals surface area contributed by atoms with Crippen LogP contribution < -0.4 is 5.32 Å². The second-order valence-electron chi connectivity index (χ2n) is 11.3. The highest BCUT2D eigenvalue weighted by Gasteiger charge is 2.50. The molecule has 2 aromatic heterocycles. The van der Waals surface area contributed by atoms with Crippen molar-refractivity contribution in [2.24, 2.45) is 16.8 Å². The highest BCUT2D eigenvalue weighted by atomic mass is 16.1. The predicted octanol–water partition coefficient (Wildman–Crippen LogP) is 5.00. The van der Waals surface area contributed by atoms with Gasteiger partial charge in [-0.05, 0) is 82.9 Å². The normalized spacial score (nSPS) is 27.9. The van der Waals surface area contributed by atoms with Crippen LogP contribution in [0.15, 0.2) is 35.0 Å². The van der Waals surface area contributed by atoms with Crippen molar-refractivity contribution >= 4 is 29.5 Å². The molecule has 2 aliphatic heterocycles. The van der Waals surface area contributed by atoms with Crippen molar-refractivity contribution in [3.63, 3.8) is 0 Å². The summed E-state index contributed by atoms with van der Waals surface area (Å²) in [5.74, 6) is 3.65. The van der Waals surface area contributed by atoms with Crippen LogP contribution in [0.2, 0.25) is 0 Å². The quantitative estimate of drug-likeness (QED) is 0.647. The maximum Gasteiger partial charge on any atom is 0.262 e. The van der Waals surface area contributed by atoms with Gasteiger partial charge in [0.25, 0.3) is 5.91 Å². The molecule has 8 heteroatoms. The van der Waals surface area contributed by atoms with E-state index in [0.717, 1.165) is 86.8 Å². The average Bonchev–Trinajstić information content (AvgIpc) is 3.23. The molecule has 36 heavy (non-hydrogen) atoms. The van der Waals surface area contributed by atoms with Gasteiger partial charge >= 0.3 is 0 Å². The molecule has 2 aromatic rings. The number of carbonyl (C=O) groups excluding carboxylic acids is 1. The van der Waals surface area contributed by atoms with Gasteiger partial charge in [0.1, 0.15) is 11.4 Å². The minimum atomic E-state index is -0.179. The molecule has 0 bridgehead atoms. The molecule has 1 saturated heterocycles. The molecule has 4 heterocycles. The van der Waals surface area contributed by atoms with E-state index in [1.807, 2.05) is 10.9 Å². The standard InChI is InChI=1S/C28H35N7O/c1-18-3-6-21(7-4-18)35-26(31-28(36)23-17-30-34-12-2-11-29-27(23)34)16-24(32-35)19-9-13-33(14-10-19)25-8-5-20-15-22(20)25/h3,6,11,16-17,19-20,22,25H,2,4-5,7-10,12-15H2,1H3,(H,31,36). The number of allylic oxidation sites excluding steroid dienone is 4. The van der Waals surface area contributed by atoms with Crippen LogP contribution in [0, 0.1) is 11.8 Å². The summed E-state index contributed by atoms with van der Waals surface area (Å²) in [5.41, 5.74) is 4.11. The van der Waals surface area contributed by atoms with Gasteiger partial charge in [-0.2, -0.15) is 10.2 Å². The second-order valence-corrected chi connectivity index (χ2v) is 11.3. The molecule has 0 radical (unpaired) electrons. The molecule has 5 aliphatic rings. The predicted molar refractivity (Wildman–Crippen MR) is 141 cm³/mol. The van der Waals surface area contributed by atoms with Gasteiger partial charge in [0.2, 0.25) is 0 Å². The molecular formula is C28H35N7O. The van der Waals surface area contributed by atoms with Crippen LogP contribution in [0.25, 0.3) is 5.70 Å². The van der Waals surface area contributed by atoms with Crippen LogP contribution in [-0.2, 0) is 6.54 Å². The van der Waals surface area contributed by atoms with Crippen LogP contribution >= 0.6 is 0 Å². The van der Waals surface area contributed by atoms with Crippen LogP contribution in [0.3, 0.4) is 0 Å². The van der Waals surface area contributed by atoms with Crippen LogP contribution in [0.4, 0.5) is 11.6 Å². The Balaban J connectivity index is 1.13. The van der Waals surface area contributed by atoms with E-state index in [-0.39, 0.29) is 5.91 Å². The number of amides is 1. The number of anilines is 1. The number of fused-ring (bicyclic) bond motifs is 2. The molecule has 3 fully saturated rings. The lowest BCUT2D eigenvalue weighted by atomic mass is 9.92. The fraction of sp³-hybridized carbons (Fsp3) is 0.571. The minimum absolute atomic E-state index is 0.179.